The van der Waals surface area contributed by atoms with Gasteiger partial charge in [0.15, 0.2) is 0 Å². The zero-order valence-corrected chi connectivity index (χ0v) is 15.4. The van der Waals surface area contributed by atoms with Gasteiger partial charge in [0.2, 0.25) is 0 Å². The molecule has 0 aliphatic carbocycles. The molecule has 92 valence electrons. The first-order valence-corrected chi connectivity index (χ1v) is 10.4. The number of hydrogen-bond donors (Lipinski definition) is 0. The number of fused-ring (bicyclic) bond motifs is 5. The second-order valence-electron chi connectivity index (χ2n) is 4.69. The van der Waals surface area contributed by atoms with Crippen molar-refractivity contribution >= 4 is 73.5 Å². The van der Waals surface area contributed by atoms with Crippen LogP contribution in [0.15, 0.2) is 42.5 Å². The Hall–Kier alpha value is -0.392. The molecule has 3 heteroatoms. The Kier molecular flexibility index (Phi) is 2.97. The molecule has 0 bridgehead atoms. The fourth-order valence-corrected chi connectivity index (χ4v) is 9.46. The molecule has 0 aliphatic heterocycles. The second-order valence-corrected chi connectivity index (χ2v) is 11.3. The van der Waals surface area contributed by atoms with Crippen LogP contribution in [0.3, 0.4) is 0 Å². The quantitative estimate of drug-likeness (QED) is 0.369. The first-order chi connectivity index (χ1) is 9.24. The van der Waals surface area contributed by atoms with Crippen LogP contribution in [0.25, 0.3) is 28.9 Å². The average molecular weight is 439 g/mol. The predicted octanol–water partition coefficient (Wildman–Crippen LogP) is 3.27. The minimum atomic E-state index is 0.441. The molecule has 0 nitrogen and oxygen atoms in total. The summed E-state index contributed by atoms with van der Waals surface area (Å²) in [5.41, 5.74) is 1.36. The standard InChI is InChI=1S/C16H10Se3/c1-9-6-7-13-11(8-9)14-15(18-13)10-4-2-3-5-12(10)19-16(14)17/h2-8H,1H3. The molecule has 0 saturated carbocycles. The molecule has 0 amide bonds. The summed E-state index contributed by atoms with van der Waals surface area (Å²) >= 11 is 4.25. The summed E-state index contributed by atoms with van der Waals surface area (Å²) in [6.45, 7) is 2.19. The molecular formula is C16H10Se3. The van der Waals surface area contributed by atoms with Gasteiger partial charge in [-0.05, 0) is 0 Å². The second kappa shape index (κ2) is 4.57. The number of rotatable bonds is 0. The normalized spacial score (nSPS) is 11.6. The van der Waals surface area contributed by atoms with Crippen molar-refractivity contribution in [3.05, 3.63) is 51.0 Å². The van der Waals surface area contributed by atoms with Gasteiger partial charge in [-0.2, -0.15) is 0 Å². The summed E-state index contributed by atoms with van der Waals surface area (Å²) in [4.78, 5) is 0. The van der Waals surface area contributed by atoms with Crippen LogP contribution in [0.1, 0.15) is 5.56 Å². The molecule has 19 heavy (non-hydrogen) atoms. The van der Waals surface area contributed by atoms with Crippen molar-refractivity contribution in [2.45, 2.75) is 6.92 Å². The maximum absolute atomic E-state index is 3.35. The minimum absolute atomic E-state index is 0.441. The van der Waals surface area contributed by atoms with E-state index in [9.17, 15) is 0 Å². The molecule has 0 aliphatic rings. The number of aryl methyl sites for hydroxylation is 1. The summed E-state index contributed by atoms with van der Waals surface area (Å²) in [6.07, 6.45) is 0. The van der Waals surface area contributed by atoms with Crippen LogP contribution >= 0.6 is 0 Å². The zero-order valence-electron chi connectivity index (χ0n) is 10.3. The Morgan fingerprint density at radius 2 is 1.68 bits per heavy atom. The van der Waals surface area contributed by atoms with E-state index in [-0.39, 0.29) is 0 Å². The van der Waals surface area contributed by atoms with Crippen LogP contribution in [-0.4, -0.2) is 44.6 Å². The van der Waals surface area contributed by atoms with Gasteiger partial charge in [0.1, 0.15) is 0 Å². The summed E-state index contributed by atoms with van der Waals surface area (Å²) in [7, 11) is 0. The predicted molar refractivity (Wildman–Crippen MR) is 86.6 cm³/mol. The summed E-state index contributed by atoms with van der Waals surface area (Å²) in [6, 6.07) is 15.9. The molecule has 0 fully saturated rings. The third kappa shape index (κ3) is 1.89. The van der Waals surface area contributed by atoms with Crippen LogP contribution in [0.5, 0.6) is 0 Å². The van der Waals surface area contributed by atoms with Gasteiger partial charge in [-0.25, -0.2) is 0 Å². The number of benzene rings is 2. The van der Waals surface area contributed by atoms with E-state index in [2.05, 4.69) is 65.0 Å². The summed E-state index contributed by atoms with van der Waals surface area (Å²) < 4.78 is 6.15. The third-order valence-electron chi connectivity index (χ3n) is 3.38. The summed E-state index contributed by atoms with van der Waals surface area (Å²) in [5.74, 6) is 0. The Morgan fingerprint density at radius 1 is 0.895 bits per heavy atom. The molecule has 0 saturated heterocycles. The molecule has 2 aromatic carbocycles. The maximum atomic E-state index is 3.35. The van der Waals surface area contributed by atoms with E-state index < -0.39 is 0 Å². The van der Waals surface area contributed by atoms with Crippen LogP contribution in [0, 0.1) is 9.86 Å². The average Bonchev–Trinajstić information content (AvgIpc) is 2.78. The Labute approximate surface area is 130 Å². The number of hydrogen-bond acceptors (Lipinski definition) is 0. The van der Waals surface area contributed by atoms with E-state index in [1.807, 2.05) is 0 Å². The van der Waals surface area contributed by atoms with E-state index in [1.165, 1.54) is 28.9 Å². The van der Waals surface area contributed by atoms with Gasteiger partial charge in [0, 0.05) is 0 Å². The molecule has 2 aromatic heterocycles. The van der Waals surface area contributed by atoms with Crippen molar-refractivity contribution in [1.29, 1.82) is 0 Å². The Morgan fingerprint density at radius 3 is 2.58 bits per heavy atom. The fraction of sp³-hybridized carbons (Fsp3) is 0.0625. The van der Waals surface area contributed by atoms with Crippen molar-refractivity contribution < 1.29 is 0 Å². The molecule has 0 spiro atoms. The molecular weight excluding hydrogens is 429 g/mol. The van der Waals surface area contributed by atoms with Gasteiger partial charge in [0.25, 0.3) is 0 Å². The topological polar surface area (TPSA) is 0 Å². The molecule has 2 heterocycles. The fourth-order valence-electron chi connectivity index (χ4n) is 2.50. The molecule has 0 unspecified atom stereocenters. The van der Waals surface area contributed by atoms with Crippen LogP contribution in [-0.2, 0) is 0 Å². The molecule has 0 atom stereocenters. The van der Waals surface area contributed by atoms with Crippen molar-refractivity contribution in [3.63, 3.8) is 0 Å². The monoisotopic (exact) mass is 442 g/mol. The summed E-state index contributed by atoms with van der Waals surface area (Å²) in [5, 5.41) is 4.52. The van der Waals surface area contributed by atoms with E-state index in [1.54, 1.807) is 8.52 Å². The van der Waals surface area contributed by atoms with Crippen LogP contribution in [0.2, 0.25) is 0 Å². The Balaban J connectivity index is 2.38. The van der Waals surface area contributed by atoms with Gasteiger partial charge in [-0.1, -0.05) is 0 Å². The molecule has 4 aromatic rings. The van der Waals surface area contributed by atoms with Crippen molar-refractivity contribution in [3.8, 4) is 0 Å². The van der Waals surface area contributed by atoms with E-state index in [0.717, 1.165) is 0 Å². The van der Waals surface area contributed by atoms with E-state index in [4.69, 9.17) is 0 Å². The molecule has 0 N–H and O–H groups in total. The van der Waals surface area contributed by atoms with Gasteiger partial charge in [0.05, 0.1) is 0 Å². The zero-order chi connectivity index (χ0) is 13.0. The van der Waals surface area contributed by atoms with Crippen molar-refractivity contribution in [1.82, 2.24) is 0 Å². The van der Waals surface area contributed by atoms with Crippen LogP contribution in [0.4, 0.5) is 0 Å². The van der Waals surface area contributed by atoms with Gasteiger partial charge < -0.3 is 0 Å². The van der Waals surface area contributed by atoms with E-state index in [0.29, 0.717) is 29.0 Å². The first-order valence-electron chi connectivity index (χ1n) is 6.09. The van der Waals surface area contributed by atoms with Gasteiger partial charge in [-0.15, -0.1) is 0 Å². The van der Waals surface area contributed by atoms with Crippen molar-refractivity contribution in [2.24, 2.45) is 0 Å². The van der Waals surface area contributed by atoms with Gasteiger partial charge in [-0.3, -0.25) is 0 Å². The van der Waals surface area contributed by atoms with E-state index >= 15 is 0 Å². The first kappa shape index (κ1) is 12.4. The Bertz CT molecular complexity index is 989. The SMILES string of the molecule is Cc1ccc2[se]c3c4ccccc4[se]c(=[Se])c3c2c1. The van der Waals surface area contributed by atoms with Gasteiger partial charge >= 0.3 is 131 Å². The van der Waals surface area contributed by atoms with Crippen molar-refractivity contribution in [2.75, 3.05) is 0 Å². The van der Waals surface area contributed by atoms with Crippen LogP contribution < -0.4 is 0 Å². The molecule has 4 rings (SSSR count). The third-order valence-corrected chi connectivity index (χ3v) is 9.27. The molecule has 0 radical (unpaired) electrons.